The van der Waals surface area contributed by atoms with Crippen molar-refractivity contribution in [3.8, 4) is 0 Å². The highest BCUT2D eigenvalue weighted by molar-refractivity contribution is 5.91. The quantitative estimate of drug-likeness (QED) is 0.504. The van der Waals surface area contributed by atoms with Crippen LogP contribution in [0.25, 0.3) is 11.0 Å². The van der Waals surface area contributed by atoms with Crippen molar-refractivity contribution >= 4 is 22.6 Å². The van der Waals surface area contributed by atoms with Gasteiger partial charge in [0.25, 0.3) is 5.56 Å². The van der Waals surface area contributed by atoms with E-state index in [9.17, 15) is 18.8 Å². The van der Waals surface area contributed by atoms with Gasteiger partial charge in [0.05, 0.1) is 12.2 Å². The molecule has 0 bridgehead atoms. The number of aryl methyl sites for hydroxylation is 2. The second-order valence-electron chi connectivity index (χ2n) is 7.40. The van der Waals surface area contributed by atoms with Gasteiger partial charge in [-0.25, -0.2) is 9.18 Å². The Balaban J connectivity index is 1.82. The van der Waals surface area contributed by atoms with Gasteiger partial charge in [-0.3, -0.25) is 23.4 Å². The lowest BCUT2D eigenvalue weighted by Crippen LogP contribution is -2.42. The lowest BCUT2D eigenvalue weighted by atomic mass is 10.2. The second kappa shape index (κ2) is 8.62. The van der Waals surface area contributed by atoms with Crippen LogP contribution in [0.1, 0.15) is 18.2 Å². The van der Waals surface area contributed by atoms with Crippen LogP contribution in [0.5, 0.6) is 0 Å². The molecule has 1 amide bonds. The minimum atomic E-state index is -0.598. The number of amides is 1. The molecule has 8 nitrogen and oxygen atoms in total. The molecule has 4 aromatic rings. The van der Waals surface area contributed by atoms with Crippen LogP contribution in [0, 0.1) is 12.7 Å². The highest BCUT2D eigenvalue weighted by Gasteiger charge is 2.21. The third kappa shape index (κ3) is 3.96. The van der Waals surface area contributed by atoms with E-state index in [4.69, 9.17) is 0 Å². The van der Waals surface area contributed by atoms with Crippen molar-refractivity contribution in [1.82, 2.24) is 18.9 Å². The van der Waals surface area contributed by atoms with Gasteiger partial charge >= 0.3 is 5.69 Å². The molecule has 0 aliphatic carbocycles. The molecule has 164 valence electrons. The van der Waals surface area contributed by atoms with Crippen molar-refractivity contribution in [2.75, 3.05) is 5.32 Å². The molecule has 4 rings (SSSR count). The standard InChI is InChI=1S/C23H22FN5O3/c1-3-29-21-20(15(2)26-29)27(14-19(30)25-18-11-9-17(24)10-12-18)23(32)28(22(21)31)13-16-7-5-4-6-8-16/h4-12H,3,13-14H2,1-2H3,(H,25,30). The topological polar surface area (TPSA) is 90.9 Å². The van der Waals surface area contributed by atoms with Gasteiger partial charge in [-0.05, 0) is 43.7 Å². The summed E-state index contributed by atoms with van der Waals surface area (Å²) in [7, 11) is 0. The van der Waals surface area contributed by atoms with Crippen LogP contribution in [0.3, 0.4) is 0 Å². The summed E-state index contributed by atoms with van der Waals surface area (Å²) < 4.78 is 17.1. The number of carbonyl (C=O) groups excluding carboxylic acids is 1. The van der Waals surface area contributed by atoms with Gasteiger partial charge in [0.15, 0.2) is 5.52 Å². The van der Waals surface area contributed by atoms with Crippen LogP contribution in [0.2, 0.25) is 0 Å². The Morgan fingerprint density at radius 2 is 1.69 bits per heavy atom. The zero-order chi connectivity index (χ0) is 22.8. The lowest BCUT2D eigenvalue weighted by molar-refractivity contribution is -0.116. The molecule has 9 heteroatoms. The van der Waals surface area contributed by atoms with Gasteiger partial charge in [0, 0.05) is 12.2 Å². The van der Waals surface area contributed by atoms with Gasteiger partial charge in [-0.15, -0.1) is 0 Å². The van der Waals surface area contributed by atoms with E-state index >= 15 is 0 Å². The second-order valence-corrected chi connectivity index (χ2v) is 7.40. The summed E-state index contributed by atoms with van der Waals surface area (Å²) in [5.41, 5.74) is 1.23. The molecular formula is C23H22FN5O3. The van der Waals surface area contributed by atoms with Crippen molar-refractivity contribution < 1.29 is 9.18 Å². The average molecular weight is 435 g/mol. The normalized spacial score (nSPS) is 11.1. The zero-order valence-electron chi connectivity index (χ0n) is 17.7. The SMILES string of the molecule is CCn1nc(C)c2c1c(=O)n(Cc1ccccc1)c(=O)n2CC(=O)Nc1ccc(F)cc1. The predicted molar refractivity (Wildman–Crippen MR) is 119 cm³/mol. The van der Waals surface area contributed by atoms with Crippen LogP contribution in [-0.4, -0.2) is 24.8 Å². The maximum atomic E-state index is 13.3. The van der Waals surface area contributed by atoms with Crippen molar-refractivity contribution in [3.63, 3.8) is 0 Å². The summed E-state index contributed by atoms with van der Waals surface area (Å²) in [6.07, 6.45) is 0. The van der Waals surface area contributed by atoms with E-state index in [1.54, 1.807) is 11.6 Å². The number of carbonyl (C=O) groups is 1. The molecule has 0 aliphatic rings. The number of benzene rings is 2. The number of halogens is 1. The van der Waals surface area contributed by atoms with E-state index in [1.807, 2.05) is 37.3 Å². The molecule has 0 atom stereocenters. The van der Waals surface area contributed by atoms with Crippen molar-refractivity contribution in [2.45, 2.75) is 33.5 Å². The van der Waals surface area contributed by atoms with Crippen LogP contribution >= 0.6 is 0 Å². The summed E-state index contributed by atoms with van der Waals surface area (Å²) in [5, 5.41) is 7.04. The molecule has 0 fully saturated rings. The summed E-state index contributed by atoms with van der Waals surface area (Å²) in [4.78, 5) is 39.3. The van der Waals surface area contributed by atoms with E-state index in [0.717, 1.165) is 10.1 Å². The van der Waals surface area contributed by atoms with Crippen molar-refractivity contribution in [1.29, 1.82) is 0 Å². The van der Waals surface area contributed by atoms with Crippen molar-refractivity contribution in [3.05, 3.63) is 92.5 Å². The van der Waals surface area contributed by atoms with Gasteiger partial charge in [0.1, 0.15) is 17.9 Å². The Hall–Kier alpha value is -4.01. The molecular weight excluding hydrogens is 413 g/mol. The Bertz CT molecular complexity index is 1400. The first-order chi connectivity index (χ1) is 15.4. The maximum absolute atomic E-state index is 13.3. The Morgan fingerprint density at radius 3 is 2.34 bits per heavy atom. The molecule has 0 saturated heterocycles. The van der Waals surface area contributed by atoms with Crippen LogP contribution < -0.4 is 16.6 Å². The number of fused-ring (bicyclic) bond motifs is 1. The fourth-order valence-electron chi connectivity index (χ4n) is 3.72. The number of rotatable bonds is 6. The first-order valence-electron chi connectivity index (χ1n) is 10.2. The maximum Gasteiger partial charge on any atom is 0.332 e. The number of aromatic nitrogens is 4. The van der Waals surface area contributed by atoms with Gasteiger partial charge in [0.2, 0.25) is 5.91 Å². The summed E-state index contributed by atoms with van der Waals surface area (Å²) in [6.45, 7) is 3.73. The van der Waals surface area contributed by atoms with Crippen LogP contribution in [0.15, 0.2) is 64.2 Å². The number of anilines is 1. The van der Waals surface area contributed by atoms with E-state index in [1.165, 1.54) is 28.8 Å². The molecule has 0 unspecified atom stereocenters. The van der Waals surface area contributed by atoms with Gasteiger partial charge in [-0.2, -0.15) is 5.10 Å². The molecule has 1 N–H and O–H groups in total. The zero-order valence-corrected chi connectivity index (χ0v) is 17.7. The smallest absolute Gasteiger partial charge is 0.325 e. The fourth-order valence-corrected chi connectivity index (χ4v) is 3.72. The van der Waals surface area contributed by atoms with E-state index in [2.05, 4.69) is 10.4 Å². The van der Waals surface area contributed by atoms with Gasteiger partial charge < -0.3 is 5.32 Å². The third-order valence-electron chi connectivity index (χ3n) is 5.19. The summed E-state index contributed by atoms with van der Waals surface area (Å²) in [5.74, 6) is -0.898. The fraction of sp³-hybridized carbons (Fsp3) is 0.217. The minimum absolute atomic E-state index is 0.0714. The van der Waals surface area contributed by atoms with E-state index in [0.29, 0.717) is 23.4 Å². The Kier molecular flexibility index (Phi) is 5.72. The van der Waals surface area contributed by atoms with Crippen LogP contribution in [0.4, 0.5) is 10.1 Å². The molecule has 0 spiro atoms. The number of hydrogen-bond acceptors (Lipinski definition) is 4. The number of hydrogen-bond donors (Lipinski definition) is 1. The molecule has 0 saturated carbocycles. The Morgan fingerprint density at radius 1 is 1.00 bits per heavy atom. The predicted octanol–water partition coefficient (Wildman–Crippen LogP) is 2.51. The molecule has 0 aliphatic heterocycles. The first-order valence-corrected chi connectivity index (χ1v) is 10.2. The van der Waals surface area contributed by atoms with E-state index in [-0.39, 0.29) is 18.6 Å². The molecule has 0 radical (unpaired) electrons. The average Bonchev–Trinajstić information content (AvgIpc) is 3.13. The highest BCUT2D eigenvalue weighted by Crippen LogP contribution is 2.15. The van der Waals surface area contributed by atoms with Crippen LogP contribution in [-0.2, 0) is 24.4 Å². The summed E-state index contributed by atoms with van der Waals surface area (Å²) >= 11 is 0. The first kappa shape index (κ1) is 21.2. The third-order valence-corrected chi connectivity index (χ3v) is 5.19. The number of nitrogens with one attached hydrogen (secondary N) is 1. The highest BCUT2D eigenvalue weighted by atomic mass is 19.1. The lowest BCUT2D eigenvalue weighted by Gasteiger charge is -2.13. The largest absolute Gasteiger partial charge is 0.332 e. The van der Waals surface area contributed by atoms with Gasteiger partial charge in [-0.1, -0.05) is 30.3 Å². The molecule has 32 heavy (non-hydrogen) atoms. The molecule has 2 aromatic carbocycles. The molecule has 2 aromatic heterocycles. The Labute approximate surface area is 182 Å². The monoisotopic (exact) mass is 435 g/mol. The van der Waals surface area contributed by atoms with E-state index < -0.39 is 23.0 Å². The molecule has 2 heterocycles. The number of nitrogens with zero attached hydrogens (tertiary/aromatic N) is 4. The minimum Gasteiger partial charge on any atom is -0.325 e. The van der Waals surface area contributed by atoms with Crippen molar-refractivity contribution in [2.24, 2.45) is 0 Å². The summed E-state index contributed by atoms with van der Waals surface area (Å²) in [6, 6.07) is 14.5.